The van der Waals surface area contributed by atoms with Crippen molar-refractivity contribution in [2.24, 2.45) is 5.73 Å². The first-order chi connectivity index (χ1) is 14.2. The van der Waals surface area contributed by atoms with E-state index in [0.717, 1.165) is 41.7 Å². The molecule has 0 aromatic carbocycles. The molecule has 1 saturated heterocycles. The third kappa shape index (κ3) is 2.82. The molecule has 3 N–H and O–H groups in total. The first-order valence-electron chi connectivity index (χ1n) is 9.57. The number of aromatic nitrogens is 5. The fourth-order valence-corrected chi connectivity index (χ4v) is 3.96. The summed E-state index contributed by atoms with van der Waals surface area (Å²) in [5, 5.41) is 8.36. The van der Waals surface area contributed by atoms with Gasteiger partial charge in [-0.25, -0.2) is 9.97 Å². The Morgan fingerprint density at radius 2 is 2.28 bits per heavy atom. The van der Waals surface area contributed by atoms with Gasteiger partial charge in [0.15, 0.2) is 5.65 Å². The number of nitrogens with one attached hydrogen (secondary N) is 1. The van der Waals surface area contributed by atoms with E-state index in [1.165, 1.54) is 6.20 Å². The summed E-state index contributed by atoms with van der Waals surface area (Å²) in [5.41, 5.74) is 8.78. The summed E-state index contributed by atoms with van der Waals surface area (Å²) in [6.07, 6.45) is 7.39. The van der Waals surface area contributed by atoms with E-state index in [-0.39, 0.29) is 11.6 Å². The molecule has 0 bridgehead atoms. The summed E-state index contributed by atoms with van der Waals surface area (Å²) in [5.74, 6) is 0.151. The maximum Gasteiger partial charge on any atom is 0.254 e. The van der Waals surface area contributed by atoms with Crippen LogP contribution in [0.3, 0.4) is 0 Å². The topological polar surface area (TPSA) is 112 Å². The largest absolute Gasteiger partial charge is 0.379 e. The van der Waals surface area contributed by atoms with Crippen LogP contribution >= 0.6 is 0 Å². The van der Waals surface area contributed by atoms with Gasteiger partial charge in [0.1, 0.15) is 17.0 Å². The second-order valence-electron chi connectivity index (χ2n) is 7.13. The van der Waals surface area contributed by atoms with Crippen molar-refractivity contribution in [2.75, 3.05) is 25.6 Å². The Hall–Kier alpha value is -3.46. The Bertz CT molecular complexity index is 1220. The van der Waals surface area contributed by atoms with Gasteiger partial charge in [-0.05, 0) is 25.0 Å². The van der Waals surface area contributed by atoms with Crippen molar-refractivity contribution in [3.8, 4) is 11.3 Å². The van der Waals surface area contributed by atoms with Gasteiger partial charge in [-0.1, -0.05) is 0 Å². The minimum atomic E-state index is -0.560. The van der Waals surface area contributed by atoms with Gasteiger partial charge in [0.2, 0.25) is 0 Å². The number of carbonyl (C=O) groups excluding carboxylic acids is 1. The van der Waals surface area contributed by atoms with Crippen molar-refractivity contribution in [2.45, 2.75) is 18.9 Å². The number of carbonyl (C=O) groups is 1. The van der Waals surface area contributed by atoms with Crippen LogP contribution in [0.15, 0.2) is 36.8 Å². The van der Waals surface area contributed by atoms with E-state index in [1.807, 2.05) is 18.2 Å². The summed E-state index contributed by atoms with van der Waals surface area (Å²) in [4.78, 5) is 21.2. The molecule has 0 spiro atoms. The highest BCUT2D eigenvalue weighted by molar-refractivity contribution is 6.00. The molecule has 4 aromatic heterocycles. The molecule has 9 heteroatoms. The van der Waals surface area contributed by atoms with Gasteiger partial charge in [-0.2, -0.15) is 9.61 Å². The van der Waals surface area contributed by atoms with Gasteiger partial charge < -0.3 is 20.4 Å². The fourth-order valence-electron chi connectivity index (χ4n) is 3.96. The van der Waals surface area contributed by atoms with Crippen LogP contribution in [-0.2, 0) is 4.74 Å². The Labute approximate surface area is 166 Å². The summed E-state index contributed by atoms with van der Waals surface area (Å²) in [7, 11) is 1.80. The van der Waals surface area contributed by atoms with Crippen LogP contribution in [0.4, 0.5) is 5.82 Å². The molecule has 0 aliphatic carbocycles. The van der Waals surface area contributed by atoms with Gasteiger partial charge in [-0.3, -0.25) is 4.79 Å². The number of amides is 1. The van der Waals surface area contributed by atoms with Gasteiger partial charge in [-0.15, -0.1) is 0 Å². The number of ether oxygens (including phenoxy) is 1. The van der Waals surface area contributed by atoms with E-state index in [9.17, 15) is 4.79 Å². The molecule has 0 radical (unpaired) electrons. The van der Waals surface area contributed by atoms with Crippen molar-refractivity contribution in [3.63, 3.8) is 0 Å². The number of hydrogen-bond donors (Lipinski definition) is 2. The summed E-state index contributed by atoms with van der Waals surface area (Å²) in [6.45, 7) is 1.47. The average molecular weight is 391 g/mol. The van der Waals surface area contributed by atoms with Crippen LogP contribution in [0.5, 0.6) is 0 Å². The second-order valence-corrected chi connectivity index (χ2v) is 7.13. The lowest BCUT2D eigenvalue weighted by Crippen LogP contribution is -2.20. The van der Waals surface area contributed by atoms with Gasteiger partial charge >= 0.3 is 0 Å². The summed E-state index contributed by atoms with van der Waals surface area (Å²) in [6, 6.07) is 6.10. The Balaban J connectivity index is 1.74. The van der Waals surface area contributed by atoms with Gasteiger partial charge in [0, 0.05) is 43.1 Å². The SMILES string of the molecule is CNc1cc(-c2cn(C3CCCOC3)c3ncccc23)nc2c(C(N)=O)cnn12. The molecule has 1 unspecified atom stereocenters. The van der Waals surface area contributed by atoms with Gasteiger partial charge in [0.25, 0.3) is 5.91 Å². The maximum absolute atomic E-state index is 11.8. The van der Waals surface area contributed by atoms with Crippen LogP contribution in [0.2, 0.25) is 0 Å². The molecule has 9 nitrogen and oxygen atoms in total. The number of anilines is 1. The lowest BCUT2D eigenvalue weighted by atomic mass is 10.1. The van der Waals surface area contributed by atoms with E-state index in [4.69, 9.17) is 15.5 Å². The highest BCUT2D eigenvalue weighted by atomic mass is 16.5. The third-order valence-corrected chi connectivity index (χ3v) is 5.39. The standard InChI is InChI=1S/C20H21N7O2/c1-22-17-8-16(25-20-14(18(21)28)9-24-27(17)20)15-10-26(12-4-3-7-29-11-12)19-13(15)5-2-6-23-19/h2,5-6,8-10,12,22H,3-4,7,11H2,1H3,(H2,21,28). The van der Waals surface area contributed by atoms with Crippen molar-refractivity contribution >= 4 is 28.4 Å². The maximum atomic E-state index is 11.8. The number of hydrogen-bond acceptors (Lipinski definition) is 6. The molecule has 1 atom stereocenters. The third-order valence-electron chi connectivity index (χ3n) is 5.39. The van der Waals surface area contributed by atoms with E-state index < -0.39 is 5.91 Å². The molecule has 1 amide bonds. The highest BCUT2D eigenvalue weighted by Gasteiger charge is 2.22. The van der Waals surface area contributed by atoms with Crippen molar-refractivity contribution in [1.82, 2.24) is 24.1 Å². The Morgan fingerprint density at radius 1 is 1.38 bits per heavy atom. The van der Waals surface area contributed by atoms with Crippen molar-refractivity contribution < 1.29 is 9.53 Å². The number of fused-ring (bicyclic) bond motifs is 2. The number of nitrogens with zero attached hydrogens (tertiary/aromatic N) is 5. The summed E-state index contributed by atoms with van der Waals surface area (Å²) < 4.78 is 9.45. The smallest absolute Gasteiger partial charge is 0.254 e. The molecule has 1 aliphatic heterocycles. The first kappa shape index (κ1) is 17.6. The number of nitrogens with two attached hydrogens (primary N) is 1. The minimum Gasteiger partial charge on any atom is -0.379 e. The molecule has 4 aromatic rings. The molecule has 1 fully saturated rings. The highest BCUT2D eigenvalue weighted by Crippen LogP contribution is 2.34. The van der Waals surface area contributed by atoms with Crippen molar-refractivity contribution in [3.05, 3.63) is 42.4 Å². The zero-order chi connectivity index (χ0) is 20.0. The van der Waals surface area contributed by atoms with Crippen LogP contribution in [0.1, 0.15) is 29.2 Å². The molecule has 148 valence electrons. The summed E-state index contributed by atoms with van der Waals surface area (Å²) >= 11 is 0. The number of primary amides is 1. The van der Waals surface area contributed by atoms with Gasteiger partial charge in [0.05, 0.1) is 24.5 Å². The van der Waals surface area contributed by atoms with Crippen LogP contribution in [0.25, 0.3) is 27.9 Å². The van der Waals surface area contributed by atoms with E-state index in [0.29, 0.717) is 18.1 Å². The van der Waals surface area contributed by atoms with Crippen LogP contribution < -0.4 is 11.1 Å². The molecular weight excluding hydrogens is 370 g/mol. The zero-order valence-corrected chi connectivity index (χ0v) is 16.0. The average Bonchev–Trinajstić information content (AvgIpc) is 3.35. The van der Waals surface area contributed by atoms with Crippen LogP contribution in [0, 0.1) is 0 Å². The quantitative estimate of drug-likeness (QED) is 0.552. The predicted octanol–water partition coefficient (Wildman–Crippen LogP) is 2.24. The number of pyridine rings is 1. The molecular formula is C20H21N7O2. The molecule has 1 aliphatic rings. The number of rotatable bonds is 4. The molecule has 5 rings (SSSR count). The predicted molar refractivity (Wildman–Crippen MR) is 109 cm³/mol. The van der Waals surface area contributed by atoms with Crippen LogP contribution in [-0.4, -0.2) is 50.3 Å². The lowest BCUT2D eigenvalue weighted by molar-refractivity contribution is 0.0605. The lowest BCUT2D eigenvalue weighted by Gasteiger charge is -2.24. The fraction of sp³-hybridized carbons (Fsp3) is 0.300. The Morgan fingerprint density at radius 3 is 3.03 bits per heavy atom. The second kappa shape index (κ2) is 6.85. The van der Waals surface area contributed by atoms with Crippen molar-refractivity contribution in [1.29, 1.82) is 0 Å². The zero-order valence-electron chi connectivity index (χ0n) is 16.0. The van der Waals surface area contributed by atoms with E-state index in [2.05, 4.69) is 26.2 Å². The minimum absolute atomic E-state index is 0.235. The monoisotopic (exact) mass is 391 g/mol. The normalized spacial score (nSPS) is 17.1. The van der Waals surface area contributed by atoms with E-state index >= 15 is 0 Å². The first-order valence-corrected chi connectivity index (χ1v) is 9.57. The van der Waals surface area contributed by atoms with E-state index in [1.54, 1.807) is 17.8 Å². The molecule has 5 heterocycles. The Kier molecular flexibility index (Phi) is 4.17. The molecule has 0 saturated carbocycles. The molecule has 29 heavy (non-hydrogen) atoms.